The summed E-state index contributed by atoms with van der Waals surface area (Å²) in [6.45, 7) is -2.94. The summed E-state index contributed by atoms with van der Waals surface area (Å²) in [7, 11) is 0. The average molecular weight is 416 g/mol. The van der Waals surface area contributed by atoms with E-state index in [1.165, 1.54) is 6.07 Å². The summed E-state index contributed by atoms with van der Waals surface area (Å²) in [4.78, 5) is 0. The van der Waals surface area contributed by atoms with E-state index in [0.29, 0.717) is 27.4 Å². The molecule has 0 unspecified atom stereocenters. The van der Waals surface area contributed by atoms with E-state index in [1.807, 2.05) is 12.1 Å². The van der Waals surface area contributed by atoms with Gasteiger partial charge in [0.25, 0.3) is 5.89 Å². The van der Waals surface area contributed by atoms with E-state index < -0.39 is 6.61 Å². The standard InChI is InChI=1S/C16H10BrClF2N2O2/c17-10-3-6-13(23-16(19)20)12(8-10)15-22-21-14(24-15)7-9-1-4-11(18)5-2-9/h1-6,8,16H,7H2. The van der Waals surface area contributed by atoms with Crippen molar-refractivity contribution in [2.24, 2.45) is 0 Å². The molecule has 124 valence electrons. The van der Waals surface area contributed by atoms with Gasteiger partial charge in [0, 0.05) is 9.50 Å². The van der Waals surface area contributed by atoms with Crippen LogP contribution in [0.1, 0.15) is 11.5 Å². The highest BCUT2D eigenvalue weighted by atomic mass is 79.9. The maximum atomic E-state index is 12.5. The van der Waals surface area contributed by atoms with Crippen LogP contribution in [0.4, 0.5) is 8.78 Å². The van der Waals surface area contributed by atoms with Crippen molar-refractivity contribution in [2.75, 3.05) is 0 Å². The Morgan fingerprint density at radius 2 is 1.88 bits per heavy atom. The van der Waals surface area contributed by atoms with Gasteiger partial charge in [-0.1, -0.05) is 39.7 Å². The van der Waals surface area contributed by atoms with Gasteiger partial charge in [-0.3, -0.25) is 0 Å². The smallest absolute Gasteiger partial charge is 0.387 e. The molecule has 0 aliphatic heterocycles. The highest BCUT2D eigenvalue weighted by Gasteiger charge is 2.17. The van der Waals surface area contributed by atoms with Gasteiger partial charge in [-0.05, 0) is 35.9 Å². The van der Waals surface area contributed by atoms with Gasteiger partial charge in [0.15, 0.2) is 0 Å². The maximum Gasteiger partial charge on any atom is 0.387 e. The molecular weight excluding hydrogens is 406 g/mol. The lowest BCUT2D eigenvalue weighted by Gasteiger charge is -2.08. The van der Waals surface area contributed by atoms with E-state index in [1.54, 1.807) is 24.3 Å². The van der Waals surface area contributed by atoms with Crippen LogP contribution in [-0.4, -0.2) is 16.8 Å². The van der Waals surface area contributed by atoms with Crippen molar-refractivity contribution in [3.8, 4) is 17.2 Å². The first-order valence-corrected chi connectivity index (χ1v) is 8.00. The van der Waals surface area contributed by atoms with Gasteiger partial charge in [-0.15, -0.1) is 10.2 Å². The Bertz CT molecular complexity index is 840. The van der Waals surface area contributed by atoms with Crippen LogP contribution >= 0.6 is 27.5 Å². The Hall–Kier alpha value is -1.99. The van der Waals surface area contributed by atoms with E-state index in [-0.39, 0.29) is 11.6 Å². The summed E-state index contributed by atoms with van der Waals surface area (Å²) in [5.74, 6) is 0.432. The number of halogens is 4. The minimum Gasteiger partial charge on any atom is -0.434 e. The Kier molecular flexibility index (Phi) is 5.11. The van der Waals surface area contributed by atoms with Gasteiger partial charge in [0.2, 0.25) is 5.89 Å². The Morgan fingerprint density at radius 1 is 1.12 bits per heavy atom. The summed E-state index contributed by atoms with van der Waals surface area (Å²) >= 11 is 9.12. The first-order valence-electron chi connectivity index (χ1n) is 6.83. The molecule has 0 saturated carbocycles. The second-order valence-corrected chi connectivity index (χ2v) is 6.18. The Morgan fingerprint density at radius 3 is 2.58 bits per heavy atom. The van der Waals surface area contributed by atoms with Crippen LogP contribution in [0.25, 0.3) is 11.5 Å². The second kappa shape index (κ2) is 7.27. The van der Waals surface area contributed by atoms with Gasteiger partial charge in [-0.25, -0.2) is 0 Å². The summed E-state index contributed by atoms with van der Waals surface area (Å²) in [5.41, 5.74) is 1.23. The van der Waals surface area contributed by atoms with Crippen LogP contribution in [0.5, 0.6) is 5.75 Å². The normalized spacial score (nSPS) is 11.0. The average Bonchev–Trinajstić information content (AvgIpc) is 2.99. The molecule has 0 saturated heterocycles. The monoisotopic (exact) mass is 414 g/mol. The molecule has 0 aliphatic rings. The highest BCUT2D eigenvalue weighted by Crippen LogP contribution is 2.33. The molecule has 0 fully saturated rings. The predicted octanol–water partition coefficient (Wildman–Crippen LogP) is 5.34. The van der Waals surface area contributed by atoms with Crippen molar-refractivity contribution in [1.29, 1.82) is 0 Å². The summed E-state index contributed by atoms with van der Waals surface area (Å²) < 4.78 is 35.8. The molecule has 0 bridgehead atoms. The van der Waals surface area contributed by atoms with E-state index in [2.05, 4.69) is 30.9 Å². The van der Waals surface area contributed by atoms with E-state index in [4.69, 9.17) is 16.0 Å². The minimum absolute atomic E-state index is 0.0325. The molecule has 1 heterocycles. The number of nitrogens with zero attached hydrogens (tertiary/aromatic N) is 2. The molecule has 4 nitrogen and oxygen atoms in total. The second-order valence-electron chi connectivity index (χ2n) is 4.82. The zero-order chi connectivity index (χ0) is 17.1. The lowest BCUT2D eigenvalue weighted by atomic mass is 10.1. The number of ether oxygens (including phenoxy) is 1. The summed E-state index contributed by atoms with van der Waals surface area (Å²) in [6, 6.07) is 11.8. The van der Waals surface area contributed by atoms with Crippen LogP contribution in [0.15, 0.2) is 51.4 Å². The molecule has 0 amide bonds. The van der Waals surface area contributed by atoms with Crippen molar-refractivity contribution in [1.82, 2.24) is 10.2 Å². The number of aromatic nitrogens is 2. The molecule has 3 aromatic rings. The quantitative estimate of drug-likeness (QED) is 0.564. The molecule has 8 heteroatoms. The SMILES string of the molecule is FC(F)Oc1ccc(Br)cc1-c1nnc(Cc2ccc(Cl)cc2)o1. The predicted molar refractivity (Wildman–Crippen MR) is 88.3 cm³/mol. The zero-order valence-electron chi connectivity index (χ0n) is 12.0. The van der Waals surface area contributed by atoms with Crippen LogP contribution in [0.3, 0.4) is 0 Å². The van der Waals surface area contributed by atoms with Gasteiger partial charge >= 0.3 is 6.61 Å². The van der Waals surface area contributed by atoms with Crippen LogP contribution in [0, 0.1) is 0 Å². The van der Waals surface area contributed by atoms with Gasteiger partial charge in [0.1, 0.15) is 5.75 Å². The molecule has 0 aliphatic carbocycles. The summed E-state index contributed by atoms with van der Waals surface area (Å²) in [6.07, 6.45) is 0.406. The molecule has 0 atom stereocenters. The number of hydrogen-bond donors (Lipinski definition) is 0. The van der Waals surface area contributed by atoms with E-state index in [9.17, 15) is 8.78 Å². The third-order valence-electron chi connectivity index (χ3n) is 3.12. The molecule has 24 heavy (non-hydrogen) atoms. The van der Waals surface area contributed by atoms with Crippen molar-refractivity contribution in [2.45, 2.75) is 13.0 Å². The highest BCUT2D eigenvalue weighted by molar-refractivity contribution is 9.10. The number of hydrogen-bond acceptors (Lipinski definition) is 4. The molecule has 1 aromatic heterocycles. The minimum atomic E-state index is -2.94. The van der Waals surface area contributed by atoms with Crippen LogP contribution in [-0.2, 0) is 6.42 Å². The van der Waals surface area contributed by atoms with Crippen molar-refractivity contribution < 1.29 is 17.9 Å². The molecule has 3 rings (SSSR count). The fourth-order valence-electron chi connectivity index (χ4n) is 2.08. The zero-order valence-corrected chi connectivity index (χ0v) is 14.4. The molecule has 0 spiro atoms. The third kappa shape index (κ3) is 4.10. The van der Waals surface area contributed by atoms with Crippen molar-refractivity contribution in [3.63, 3.8) is 0 Å². The Balaban J connectivity index is 1.87. The summed E-state index contributed by atoms with van der Waals surface area (Å²) in [5, 5.41) is 8.51. The van der Waals surface area contributed by atoms with Crippen molar-refractivity contribution in [3.05, 3.63) is 63.4 Å². The lowest BCUT2D eigenvalue weighted by molar-refractivity contribution is -0.0495. The number of rotatable bonds is 5. The molecule has 0 radical (unpaired) electrons. The molecule has 2 aromatic carbocycles. The lowest BCUT2D eigenvalue weighted by Crippen LogP contribution is -2.03. The van der Waals surface area contributed by atoms with Gasteiger partial charge in [0.05, 0.1) is 12.0 Å². The van der Waals surface area contributed by atoms with Crippen LogP contribution in [0.2, 0.25) is 5.02 Å². The van der Waals surface area contributed by atoms with Gasteiger partial charge < -0.3 is 9.15 Å². The first kappa shape index (κ1) is 16.9. The van der Waals surface area contributed by atoms with Crippen LogP contribution < -0.4 is 4.74 Å². The van der Waals surface area contributed by atoms with E-state index in [0.717, 1.165) is 5.56 Å². The van der Waals surface area contributed by atoms with Gasteiger partial charge in [-0.2, -0.15) is 8.78 Å². The molecule has 0 N–H and O–H groups in total. The largest absolute Gasteiger partial charge is 0.434 e. The van der Waals surface area contributed by atoms with Crippen molar-refractivity contribution >= 4 is 27.5 Å². The molecular formula is C16H10BrClF2N2O2. The topological polar surface area (TPSA) is 48.2 Å². The Labute approximate surface area is 149 Å². The maximum absolute atomic E-state index is 12.5. The fourth-order valence-corrected chi connectivity index (χ4v) is 2.57. The number of benzene rings is 2. The number of alkyl halides is 2. The van der Waals surface area contributed by atoms with E-state index >= 15 is 0 Å². The third-order valence-corrected chi connectivity index (χ3v) is 3.87. The fraction of sp³-hybridized carbons (Fsp3) is 0.125. The first-order chi connectivity index (χ1) is 11.5.